The summed E-state index contributed by atoms with van der Waals surface area (Å²) in [4.78, 5) is 11.0. The molecule has 0 atom stereocenters. The molecule has 0 spiro atoms. The van der Waals surface area contributed by atoms with Crippen molar-refractivity contribution in [2.75, 3.05) is 6.61 Å². The molecule has 1 aromatic heterocycles. The molecule has 1 heterocycles. The van der Waals surface area contributed by atoms with Crippen LogP contribution < -0.4 is 0 Å². The Morgan fingerprint density at radius 1 is 1.62 bits per heavy atom. The van der Waals surface area contributed by atoms with Gasteiger partial charge in [0.1, 0.15) is 6.54 Å². The maximum atomic E-state index is 11.0. The van der Waals surface area contributed by atoms with Crippen molar-refractivity contribution in [1.82, 2.24) is 9.78 Å². The Morgan fingerprint density at radius 3 is 2.92 bits per heavy atom. The first-order valence-corrected chi connectivity index (χ1v) is 4.44. The van der Waals surface area contributed by atoms with Gasteiger partial charge in [0.2, 0.25) is 0 Å². The van der Waals surface area contributed by atoms with Crippen molar-refractivity contribution in [2.45, 2.75) is 26.8 Å². The van der Waals surface area contributed by atoms with Crippen LogP contribution >= 0.6 is 0 Å². The van der Waals surface area contributed by atoms with Crippen LogP contribution in [-0.2, 0) is 22.5 Å². The Labute approximate surface area is 77.5 Å². The van der Waals surface area contributed by atoms with Gasteiger partial charge in [-0.2, -0.15) is 5.10 Å². The van der Waals surface area contributed by atoms with Crippen molar-refractivity contribution < 1.29 is 9.53 Å². The number of aromatic nitrogens is 2. The fraction of sp³-hybridized carbons (Fsp3) is 0.556. The summed E-state index contributed by atoms with van der Waals surface area (Å²) in [5.74, 6) is -0.242. The lowest BCUT2D eigenvalue weighted by Gasteiger charge is -2.00. The number of hydrogen-bond donors (Lipinski definition) is 0. The van der Waals surface area contributed by atoms with E-state index in [9.17, 15) is 4.79 Å². The van der Waals surface area contributed by atoms with Crippen molar-refractivity contribution in [2.24, 2.45) is 0 Å². The lowest BCUT2D eigenvalue weighted by Crippen LogP contribution is -2.13. The average molecular weight is 182 g/mol. The third kappa shape index (κ3) is 2.89. The van der Waals surface area contributed by atoms with E-state index >= 15 is 0 Å². The highest BCUT2D eigenvalue weighted by Crippen LogP contribution is 1.96. The number of hydrogen-bond acceptors (Lipinski definition) is 3. The maximum absolute atomic E-state index is 11.0. The van der Waals surface area contributed by atoms with Crippen molar-refractivity contribution >= 4 is 5.97 Å². The van der Waals surface area contributed by atoms with E-state index in [4.69, 9.17) is 4.74 Å². The number of esters is 1. The normalized spacial score (nSPS) is 10.0. The lowest BCUT2D eigenvalue weighted by atomic mass is 10.4. The number of carbonyl (C=O) groups excluding carboxylic acids is 1. The van der Waals surface area contributed by atoms with Crippen molar-refractivity contribution in [3.8, 4) is 0 Å². The molecule has 0 saturated heterocycles. The minimum atomic E-state index is -0.242. The Kier molecular flexibility index (Phi) is 3.49. The summed E-state index contributed by atoms with van der Waals surface area (Å²) < 4.78 is 6.38. The summed E-state index contributed by atoms with van der Waals surface area (Å²) in [6, 6.07) is 1.90. The van der Waals surface area contributed by atoms with Gasteiger partial charge in [-0.25, -0.2) is 0 Å². The number of nitrogens with zero attached hydrogens (tertiary/aromatic N) is 2. The molecule has 13 heavy (non-hydrogen) atoms. The number of ether oxygens (including phenoxy) is 1. The summed E-state index contributed by atoms with van der Waals surface area (Å²) >= 11 is 0. The van der Waals surface area contributed by atoms with Crippen LogP contribution in [0.2, 0.25) is 0 Å². The topological polar surface area (TPSA) is 44.1 Å². The van der Waals surface area contributed by atoms with Gasteiger partial charge in [-0.05, 0) is 19.4 Å². The average Bonchev–Trinajstić information content (AvgIpc) is 2.52. The minimum absolute atomic E-state index is 0.202. The monoisotopic (exact) mass is 182 g/mol. The Bertz CT molecular complexity index is 281. The molecular weight excluding hydrogens is 168 g/mol. The van der Waals surface area contributed by atoms with Crippen LogP contribution in [0.1, 0.15) is 19.5 Å². The fourth-order valence-electron chi connectivity index (χ4n) is 1.02. The van der Waals surface area contributed by atoms with E-state index in [0.29, 0.717) is 6.61 Å². The molecule has 1 aromatic rings. The molecule has 0 amide bonds. The fourth-order valence-corrected chi connectivity index (χ4v) is 1.02. The molecule has 4 heteroatoms. The summed E-state index contributed by atoms with van der Waals surface area (Å²) in [5, 5.41) is 4.17. The van der Waals surface area contributed by atoms with Gasteiger partial charge in [0.15, 0.2) is 0 Å². The standard InChI is InChI=1S/C9H14N2O2/c1-3-8-5-6-11(10-8)7-9(12)13-4-2/h5-6H,3-4,7H2,1-2H3. The van der Waals surface area contributed by atoms with Gasteiger partial charge < -0.3 is 4.74 Å². The molecule has 0 radical (unpaired) electrons. The van der Waals surface area contributed by atoms with Gasteiger partial charge in [-0.15, -0.1) is 0 Å². The molecule has 0 unspecified atom stereocenters. The summed E-state index contributed by atoms with van der Waals surface area (Å²) in [6.07, 6.45) is 2.67. The van der Waals surface area contributed by atoms with Gasteiger partial charge in [0, 0.05) is 6.20 Å². The zero-order valence-corrected chi connectivity index (χ0v) is 7.99. The SMILES string of the molecule is CCOC(=O)Cn1ccc(CC)n1. The van der Waals surface area contributed by atoms with Gasteiger partial charge in [0.05, 0.1) is 12.3 Å². The van der Waals surface area contributed by atoms with E-state index in [-0.39, 0.29) is 12.5 Å². The first-order valence-electron chi connectivity index (χ1n) is 4.44. The third-order valence-electron chi connectivity index (χ3n) is 1.65. The highest BCUT2D eigenvalue weighted by atomic mass is 16.5. The third-order valence-corrected chi connectivity index (χ3v) is 1.65. The predicted molar refractivity (Wildman–Crippen MR) is 48.2 cm³/mol. The van der Waals surface area contributed by atoms with Gasteiger partial charge in [0.25, 0.3) is 0 Å². The van der Waals surface area contributed by atoms with E-state index in [2.05, 4.69) is 5.10 Å². The maximum Gasteiger partial charge on any atom is 0.327 e. The van der Waals surface area contributed by atoms with Crippen LogP contribution in [-0.4, -0.2) is 22.4 Å². The Hall–Kier alpha value is -1.32. The molecule has 0 aliphatic rings. The van der Waals surface area contributed by atoms with E-state index in [0.717, 1.165) is 12.1 Å². The summed E-state index contributed by atoms with van der Waals surface area (Å²) in [5.41, 5.74) is 0.990. The largest absolute Gasteiger partial charge is 0.465 e. The van der Waals surface area contributed by atoms with E-state index in [1.807, 2.05) is 13.0 Å². The highest BCUT2D eigenvalue weighted by molar-refractivity contribution is 5.68. The van der Waals surface area contributed by atoms with Gasteiger partial charge in [-0.3, -0.25) is 9.48 Å². The van der Waals surface area contributed by atoms with E-state index in [1.165, 1.54) is 0 Å². The van der Waals surface area contributed by atoms with Crippen LogP contribution in [0, 0.1) is 0 Å². The zero-order valence-electron chi connectivity index (χ0n) is 7.99. The number of carbonyl (C=O) groups is 1. The van der Waals surface area contributed by atoms with Crippen LogP contribution in [0.5, 0.6) is 0 Å². The van der Waals surface area contributed by atoms with Gasteiger partial charge in [-0.1, -0.05) is 6.92 Å². The zero-order chi connectivity index (χ0) is 9.68. The molecule has 72 valence electrons. The number of rotatable bonds is 4. The lowest BCUT2D eigenvalue weighted by molar-refractivity contribution is -0.144. The molecule has 0 bridgehead atoms. The van der Waals surface area contributed by atoms with E-state index in [1.54, 1.807) is 17.8 Å². The van der Waals surface area contributed by atoms with Crippen molar-refractivity contribution in [3.05, 3.63) is 18.0 Å². The molecule has 0 N–H and O–H groups in total. The van der Waals surface area contributed by atoms with Crippen molar-refractivity contribution in [1.29, 1.82) is 0 Å². The highest BCUT2D eigenvalue weighted by Gasteiger charge is 2.03. The minimum Gasteiger partial charge on any atom is -0.465 e. The first kappa shape index (κ1) is 9.77. The second-order valence-electron chi connectivity index (χ2n) is 2.66. The van der Waals surface area contributed by atoms with Crippen LogP contribution in [0.3, 0.4) is 0 Å². The molecule has 0 aliphatic heterocycles. The molecule has 0 aromatic carbocycles. The summed E-state index contributed by atoms with van der Waals surface area (Å²) in [7, 11) is 0. The molecule has 1 rings (SSSR count). The van der Waals surface area contributed by atoms with E-state index < -0.39 is 0 Å². The Morgan fingerprint density at radius 2 is 2.38 bits per heavy atom. The summed E-state index contributed by atoms with van der Waals surface area (Å²) in [6.45, 7) is 4.43. The van der Waals surface area contributed by atoms with Crippen LogP contribution in [0.4, 0.5) is 0 Å². The molecule has 0 fully saturated rings. The second kappa shape index (κ2) is 4.64. The number of aryl methyl sites for hydroxylation is 1. The first-order chi connectivity index (χ1) is 6.26. The molecule has 0 aliphatic carbocycles. The quantitative estimate of drug-likeness (QED) is 0.653. The second-order valence-corrected chi connectivity index (χ2v) is 2.66. The molecule has 0 saturated carbocycles. The smallest absolute Gasteiger partial charge is 0.327 e. The van der Waals surface area contributed by atoms with Crippen LogP contribution in [0.15, 0.2) is 12.3 Å². The van der Waals surface area contributed by atoms with Crippen LogP contribution in [0.25, 0.3) is 0 Å². The van der Waals surface area contributed by atoms with Gasteiger partial charge >= 0.3 is 5.97 Å². The van der Waals surface area contributed by atoms with Crippen molar-refractivity contribution in [3.63, 3.8) is 0 Å². The Balaban J connectivity index is 2.49. The molecular formula is C9H14N2O2. The molecule has 4 nitrogen and oxygen atoms in total. The predicted octanol–water partition coefficient (Wildman–Crippen LogP) is 1.01.